The first-order valence-corrected chi connectivity index (χ1v) is 10.2. The zero-order chi connectivity index (χ0) is 18.1. The highest BCUT2D eigenvalue weighted by Crippen LogP contribution is 2.15. The molecule has 0 saturated heterocycles. The first-order valence-electron chi connectivity index (χ1n) is 9.38. The minimum absolute atomic E-state index is 0.927. The zero-order valence-corrected chi connectivity index (χ0v) is 17.0. The Morgan fingerprint density at radius 1 is 0.640 bits per heavy atom. The molecule has 132 valence electrons. The molecule has 2 aromatic carbocycles. The van der Waals surface area contributed by atoms with E-state index in [1.807, 2.05) is 0 Å². The number of thiocarbonyl (C=S) groups is 2. The first kappa shape index (κ1) is 19.9. The molecule has 0 nitrogen and oxygen atoms in total. The van der Waals surface area contributed by atoms with Gasteiger partial charge in [-0.3, -0.25) is 0 Å². The summed E-state index contributed by atoms with van der Waals surface area (Å²) in [5, 5.41) is 0. The van der Waals surface area contributed by atoms with Crippen LogP contribution in [0.1, 0.15) is 68.2 Å². The molecule has 2 rings (SSSR count). The zero-order valence-electron chi connectivity index (χ0n) is 15.4. The third-order valence-corrected chi connectivity index (χ3v) is 5.32. The second-order valence-electron chi connectivity index (χ2n) is 6.59. The molecular formula is C23H28S2. The fourth-order valence-electron chi connectivity index (χ4n) is 2.99. The van der Waals surface area contributed by atoms with Crippen molar-refractivity contribution in [2.75, 3.05) is 0 Å². The number of benzene rings is 2. The molecule has 0 unspecified atom stereocenters. The molecule has 0 bridgehead atoms. The normalized spacial score (nSPS) is 10.6. The summed E-state index contributed by atoms with van der Waals surface area (Å²) < 4.78 is 0. The Balaban J connectivity index is 1.80. The predicted octanol–water partition coefficient (Wildman–Crippen LogP) is 6.90. The van der Waals surface area contributed by atoms with Crippen LogP contribution in [0, 0.1) is 0 Å². The van der Waals surface area contributed by atoms with Gasteiger partial charge in [-0.05, 0) is 54.4 Å². The second-order valence-corrected chi connectivity index (χ2v) is 7.58. The van der Waals surface area contributed by atoms with Gasteiger partial charge in [0.1, 0.15) is 0 Å². The molecule has 0 atom stereocenters. The molecule has 0 radical (unpaired) electrons. The Morgan fingerprint density at radius 2 is 1.00 bits per heavy atom. The number of rotatable bonds is 10. The summed E-state index contributed by atoms with van der Waals surface area (Å²) in [5.41, 5.74) is 5.15. The van der Waals surface area contributed by atoms with Gasteiger partial charge < -0.3 is 0 Å². The summed E-state index contributed by atoms with van der Waals surface area (Å²) in [5.74, 6) is 0. The molecule has 25 heavy (non-hydrogen) atoms. The van der Waals surface area contributed by atoms with E-state index in [9.17, 15) is 0 Å². The third-order valence-electron chi connectivity index (χ3n) is 4.44. The van der Waals surface area contributed by atoms with Crippen molar-refractivity contribution in [3.05, 3.63) is 70.8 Å². The van der Waals surface area contributed by atoms with Gasteiger partial charge in [0.05, 0.1) is 0 Å². The van der Waals surface area contributed by atoms with E-state index in [0.717, 1.165) is 41.8 Å². The van der Waals surface area contributed by atoms with Crippen molar-refractivity contribution in [1.82, 2.24) is 0 Å². The maximum atomic E-state index is 5.60. The fraction of sp³-hybridized carbons (Fsp3) is 0.391. The van der Waals surface area contributed by atoms with Crippen molar-refractivity contribution in [3.8, 4) is 0 Å². The van der Waals surface area contributed by atoms with Crippen LogP contribution in [0.3, 0.4) is 0 Å². The molecule has 2 aromatic rings. The lowest BCUT2D eigenvalue weighted by Gasteiger charge is -2.08. The molecule has 0 aliphatic rings. The van der Waals surface area contributed by atoms with Crippen molar-refractivity contribution >= 4 is 34.2 Å². The fourth-order valence-corrected chi connectivity index (χ4v) is 3.55. The summed E-state index contributed by atoms with van der Waals surface area (Å²) in [7, 11) is 0. The van der Waals surface area contributed by atoms with Gasteiger partial charge >= 0.3 is 0 Å². The van der Waals surface area contributed by atoms with E-state index < -0.39 is 0 Å². The van der Waals surface area contributed by atoms with E-state index >= 15 is 0 Å². The molecule has 0 aliphatic heterocycles. The largest absolute Gasteiger partial charge is 0.0843 e. The monoisotopic (exact) mass is 368 g/mol. The first-order chi connectivity index (χ1) is 12.1. The summed E-state index contributed by atoms with van der Waals surface area (Å²) in [4.78, 5) is 2.09. The Hall–Kier alpha value is -1.38. The van der Waals surface area contributed by atoms with Crippen LogP contribution in [0.5, 0.6) is 0 Å². The SMILES string of the molecule is CCCc1ccc(C(=S)CCCC(=S)c2ccc(CCC)cc2)cc1. The Morgan fingerprint density at radius 3 is 1.32 bits per heavy atom. The van der Waals surface area contributed by atoms with Crippen molar-refractivity contribution in [1.29, 1.82) is 0 Å². The highest BCUT2D eigenvalue weighted by atomic mass is 32.1. The third kappa shape index (κ3) is 6.45. The Bertz CT molecular complexity index is 620. The second kappa shape index (κ2) is 10.6. The molecule has 0 aromatic heterocycles. The lowest BCUT2D eigenvalue weighted by molar-refractivity contribution is 0.920. The van der Waals surface area contributed by atoms with E-state index in [1.165, 1.54) is 35.1 Å². The average Bonchev–Trinajstić information content (AvgIpc) is 2.63. The number of hydrogen-bond acceptors (Lipinski definition) is 2. The van der Waals surface area contributed by atoms with Gasteiger partial charge in [-0.15, -0.1) is 0 Å². The van der Waals surface area contributed by atoms with Crippen molar-refractivity contribution in [3.63, 3.8) is 0 Å². The molecule has 0 spiro atoms. The molecule has 0 aliphatic carbocycles. The number of hydrogen-bond donors (Lipinski definition) is 0. The van der Waals surface area contributed by atoms with Crippen molar-refractivity contribution in [2.24, 2.45) is 0 Å². The molecule has 0 N–H and O–H groups in total. The van der Waals surface area contributed by atoms with Crippen LogP contribution < -0.4 is 0 Å². The predicted molar refractivity (Wildman–Crippen MR) is 118 cm³/mol. The summed E-state index contributed by atoms with van der Waals surface area (Å²) >= 11 is 11.2. The van der Waals surface area contributed by atoms with Gasteiger partial charge in [-0.1, -0.05) is 99.7 Å². The molecule has 0 fully saturated rings. The minimum atomic E-state index is 0.927. The van der Waals surface area contributed by atoms with Gasteiger partial charge in [0.25, 0.3) is 0 Å². The Labute approximate surface area is 163 Å². The quantitative estimate of drug-likeness (QED) is 0.330. The van der Waals surface area contributed by atoms with Gasteiger partial charge in [0.15, 0.2) is 0 Å². The van der Waals surface area contributed by atoms with Crippen LogP contribution in [0.2, 0.25) is 0 Å². The minimum Gasteiger partial charge on any atom is -0.0843 e. The molecule has 0 heterocycles. The lowest BCUT2D eigenvalue weighted by atomic mass is 10.0. The lowest BCUT2D eigenvalue weighted by Crippen LogP contribution is -2.02. The standard InChI is InChI=1S/C23H28S2/c1-3-6-18-10-14-20(15-11-18)22(24)8-5-9-23(25)21-16-12-19(7-4-2)13-17-21/h10-17H,3-9H2,1-2H3. The number of aryl methyl sites for hydroxylation is 2. The van der Waals surface area contributed by atoms with E-state index in [1.54, 1.807) is 0 Å². The van der Waals surface area contributed by atoms with E-state index in [0.29, 0.717) is 0 Å². The molecule has 2 heteroatoms. The summed E-state index contributed by atoms with van der Waals surface area (Å²) in [6.07, 6.45) is 7.51. The maximum absolute atomic E-state index is 5.60. The van der Waals surface area contributed by atoms with Crippen LogP contribution in [0.4, 0.5) is 0 Å². The molecule has 0 saturated carbocycles. The van der Waals surface area contributed by atoms with E-state index in [4.69, 9.17) is 24.4 Å². The van der Waals surface area contributed by atoms with Crippen LogP contribution in [-0.4, -0.2) is 9.73 Å². The topological polar surface area (TPSA) is 0 Å². The van der Waals surface area contributed by atoms with E-state index in [-0.39, 0.29) is 0 Å². The Kier molecular flexibility index (Phi) is 8.43. The van der Waals surface area contributed by atoms with Crippen molar-refractivity contribution < 1.29 is 0 Å². The summed E-state index contributed by atoms with van der Waals surface area (Å²) in [6, 6.07) is 17.5. The maximum Gasteiger partial charge on any atom is 0.0224 e. The highest BCUT2D eigenvalue weighted by Gasteiger charge is 2.05. The van der Waals surface area contributed by atoms with Crippen LogP contribution in [-0.2, 0) is 12.8 Å². The van der Waals surface area contributed by atoms with Crippen LogP contribution in [0.15, 0.2) is 48.5 Å². The smallest absolute Gasteiger partial charge is 0.0224 e. The van der Waals surface area contributed by atoms with Crippen molar-refractivity contribution in [2.45, 2.75) is 58.8 Å². The summed E-state index contributed by atoms with van der Waals surface area (Å²) in [6.45, 7) is 4.41. The molecule has 0 amide bonds. The average molecular weight is 369 g/mol. The van der Waals surface area contributed by atoms with Gasteiger partial charge in [0, 0.05) is 9.73 Å². The highest BCUT2D eigenvalue weighted by molar-refractivity contribution is 7.81. The van der Waals surface area contributed by atoms with Gasteiger partial charge in [0.2, 0.25) is 0 Å². The van der Waals surface area contributed by atoms with Crippen LogP contribution >= 0.6 is 24.4 Å². The van der Waals surface area contributed by atoms with E-state index in [2.05, 4.69) is 62.4 Å². The van der Waals surface area contributed by atoms with Crippen LogP contribution in [0.25, 0.3) is 0 Å². The van der Waals surface area contributed by atoms with Gasteiger partial charge in [-0.2, -0.15) is 0 Å². The molecular weight excluding hydrogens is 340 g/mol. The van der Waals surface area contributed by atoms with Gasteiger partial charge in [-0.25, -0.2) is 0 Å².